The van der Waals surface area contributed by atoms with Gasteiger partial charge in [-0.15, -0.1) is 0 Å². The van der Waals surface area contributed by atoms with E-state index >= 15 is 0 Å². The molecule has 2 aromatic rings. The van der Waals surface area contributed by atoms with Gasteiger partial charge in [-0.3, -0.25) is 19.1 Å². The second kappa shape index (κ2) is 9.58. The van der Waals surface area contributed by atoms with Gasteiger partial charge in [0.05, 0.1) is 18.1 Å². The number of hydrogen-bond donors (Lipinski definition) is 2. The van der Waals surface area contributed by atoms with E-state index in [0.29, 0.717) is 36.6 Å². The van der Waals surface area contributed by atoms with E-state index in [1.54, 1.807) is 18.3 Å². The molecule has 1 aliphatic carbocycles. The minimum Gasteiger partial charge on any atom is -0.506 e. The molecule has 2 aromatic heterocycles. The number of nitrogens with one attached hydrogen (secondary N) is 1. The number of fused-ring (bicyclic) bond motifs is 1. The molecule has 8 heteroatoms. The zero-order valence-electron chi connectivity index (χ0n) is 19.2. The van der Waals surface area contributed by atoms with Gasteiger partial charge in [-0.2, -0.15) is 0 Å². The molecule has 3 heterocycles. The smallest absolute Gasteiger partial charge is 0.268 e. The molecule has 2 atom stereocenters. The maximum atomic E-state index is 13.4. The van der Waals surface area contributed by atoms with Gasteiger partial charge in [0.15, 0.2) is 0 Å². The van der Waals surface area contributed by atoms with Crippen molar-refractivity contribution in [1.29, 1.82) is 0 Å². The van der Waals surface area contributed by atoms with Crippen molar-refractivity contribution in [3.8, 4) is 5.75 Å². The molecule has 174 valence electrons. The van der Waals surface area contributed by atoms with Crippen LogP contribution in [-0.4, -0.2) is 63.3 Å². The lowest BCUT2D eigenvalue weighted by atomic mass is 9.87. The highest BCUT2D eigenvalue weighted by Crippen LogP contribution is 2.27. The fourth-order valence-corrected chi connectivity index (χ4v) is 4.88. The second-order valence-corrected chi connectivity index (χ2v) is 9.34. The Hall–Kier alpha value is -2.45. The molecule has 8 nitrogen and oxygen atoms in total. The quantitative estimate of drug-likeness (QED) is 0.739. The van der Waals surface area contributed by atoms with Crippen LogP contribution in [0.2, 0.25) is 0 Å². The van der Waals surface area contributed by atoms with Gasteiger partial charge in [-0.25, -0.2) is 4.98 Å². The molecule has 1 aliphatic heterocycles. The van der Waals surface area contributed by atoms with Crippen molar-refractivity contribution in [3.63, 3.8) is 0 Å². The number of ether oxygens (including phenoxy) is 1. The minimum absolute atomic E-state index is 0.0335. The van der Waals surface area contributed by atoms with E-state index in [1.165, 1.54) is 4.57 Å². The number of nitrogens with zero attached hydrogens (tertiary/aromatic N) is 3. The van der Waals surface area contributed by atoms with Crippen molar-refractivity contribution in [1.82, 2.24) is 19.8 Å². The Morgan fingerprint density at radius 1 is 1.22 bits per heavy atom. The fraction of sp³-hybridized carbons (Fsp3) is 0.625. The van der Waals surface area contributed by atoms with E-state index in [9.17, 15) is 14.7 Å². The summed E-state index contributed by atoms with van der Waals surface area (Å²) in [6.45, 7) is 8.84. The molecule has 0 bridgehead atoms. The first kappa shape index (κ1) is 22.7. The first-order valence-corrected chi connectivity index (χ1v) is 11.7. The zero-order chi connectivity index (χ0) is 22.8. The molecular weight excluding hydrogens is 408 g/mol. The monoisotopic (exact) mass is 442 g/mol. The Morgan fingerprint density at radius 3 is 2.72 bits per heavy atom. The molecule has 0 aromatic carbocycles. The zero-order valence-corrected chi connectivity index (χ0v) is 19.2. The standard InChI is InChI=1S/C24H34N4O4/c1-15-6-8-18(9-7-15)26-23(30)20-21(29)19-5-4-10-25-22(19)28(24(20)31)12-11-27-13-14-32-17(3)16(27)2/h4-5,10,15-18,29H,6-9,11-14H2,1-3H3,(H,26,30)/t15?,16-,17-,18?/m0/s1. The van der Waals surface area contributed by atoms with Crippen LogP contribution in [-0.2, 0) is 11.3 Å². The molecule has 2 N–H and O–H groups in total. The highest BCUT2D eigenvalue weighted by atomic mass is 16.5. The van der Waals surface area contributed by atoms with Crippen LogP contribution in [0.3, 0.4) is 0 Å². The van der Waals surface area contributed by atoms with Crippen LogP contribution in [0.1, 0.15) is 56.8 Å². The maximum absolute atomic E-state index is 13.4. The lowest BCUT2D eigenvalue weighted by molar-refractivity contribution is -0.0559. The highest BCUT2D eigenvalue weighted by Gasteiger charge is 2.28. The third-order valence-corrected chi connectivity index (χ3v) is 7.20. The number of carbonyl (C=O) groups is 1. The van der Waals surface area contributed by atoms with Gasteiger partial charge in [0.1, 0.15) is 17.0 Å². The molecule has 2 fully saturated rings. The third kappa shape index (κ3) is 4.52. The van der Waals surface area contributed by atoms with Gasteiger partial charge in [0.2, 0.25) is 0 Å². The number of hydrogen-bond acceptors (Lipinski definition) is 6. The predicted octanol–water partition coefficient (Wildman–Crippen LogP) is 2.52. The predicted molar refractivity (Wildman–Crippen MR) is 123 cm³/mol. The average molecular weight is 443 g/mol. The SMILES string of the molecule is CC1CCC(NC(=O)c2c(O)c3cccnc3n(CCN3CCO[C@@H](C)[C@@H]3C)c2=O)CC1. The van der Waals surface area contributed by atoms with E-state index in [2.05, 4.69) is 36.0 Å². The summed E-state index contributed by atoms with van der Waals surface area (Å²) in [4.78, 5) is 33.2. The Bertz CT molecular complexity index is 1030. The molecule has 1 saturated heterocycles. The van der Waals surface area contributed by atoms with E-state index in [0.717, 1.165) is 32.2 Å². The molecule has 4 rings (SSSR count). The summed E-state index contributed by atoms with van der Waals surface area (Å²) in [5, 5.41) is 14.3. The molecule has 0 unspecified atom stereocenters. The Balaban J connectivity index is 1.63. The number of rotatable bonds is 5. The Labute approximate surface area is 188 Å². The number of aromatic nitrogens is 2. The Morgan fingerprint density at radius 2 is 1.97 bits per heavy atom. The summed E-state index contributed by atoms with van der Waals surface area (Å²) < 4.78 is 7.23. The topological polar surface area (TPSA) is 96.7 Å². The minimum atomic E-state index is -0.500. The van der Waals surface area contributed by atoms with Crippen LogP contribution >= 0.6 is 0 Å². The number of carbonyl (C=O) groups excluding carboxylic acids is 1. The second-order valence-electron chi connectivity index (χ2n) is 9.34. The van der Waals surface area contributed by atoms with Crippen molar-refractivity contribution >= 4 is 16.9 Å². The van der Waals surface area contributed by atoms with Crippen molar-refractivity contribution in [2.24, 2.45) is 5.92 Å². The molecule has 2 aliphatic rings. The summed E-state index contributed by atoms with van der Waals surface area (Å²) in [5.41, 5.74) is -0.288. The number of pyridine rings is 2. The van der Waals surface area contributed by atoms with E-state index < -0.39 is 11.5 Å². The molecule has 0 radical (unpaired) electrons. The normalized spacial score (nSPS) is 26.8. The molecule has 1 amide bonds. The van der Waals surface area contributed by atoms with E-state index in [4.69, 9.17) is 4.74 Å². The van der Waals surface area contributed by atoms with E-state index in [-0.39, 0.29) is 29.5 Å². The van der Waals surface area contributed by atoms with Crippen LogP contribution in [0, 0.1) is 5.92 Å². The van der Waals surface area contributed by atoms with Gasteiger partial charge in [0.25, 0.3) is 11.5 Å². The summed E-state index contributed by atoms with van der Waals surface area (Å²) in [6.07, 6.45) is 5.61. The van der Waals surface area contributed by atoms with Crippen molar-refractivity contribution in [2.75, 3.05) is 19.7 Å². The first-order chi connectivity index (χ1) is 15.4. The van der Waals surface area contributed by atoms with Crippen LogP contribution < -0.4 is 10.9 Å². The average Bonchev–Trinajstić information content (AvgIpc) is 2.78. The van der Waals surface area contributed by atoms with Gasteiger partial charge in [-0.05, 0) is 57.6 Å². The van der Waals surface area contributed by atoms with Gasteiger partial charge in [-0.1, -0.05) is 6.92 Å². The summed E-state index contributed by atoms with van der Waals surface area (Å²) in [5.74, 6) is -0.130. The van der Waals surface area contributed by atoms with E-state index in [1.807, 2.05) is 0 Å². The van der Waals surface area contributed by atoms with Crippen molar-refractivity contribution < 1.29 is 14.6 Å². The molecule has 32 heavy (non-hydrogen) atoms. The molecular formula is C24H34N4O4. The van der Waals surface area contributed by atoms with Gasteiger partial charge >= 0.3 is 0 Å². The highest BCUT2D eigenvalue weighted by molar-refractivity contribution is 6.01. The first-order valence-electron chi connectivity index (χ1n) is 11.7. The van der Waals surface area contributed by atoms with Crippen LogP contribution in [0.5, 0.6) is 5.75 Å². The summed E-state index contributed by atoms with van der Waals surface area (Å²) in [7, 11) is 0. The maximum Gasteiger partial charge on any atom is 0.268 e. The number of amides is 1. The van der Waals surface area contributed by atoms with Crippen LogP contribution in [0.15, 0.2) is 23.1 Å². The van der Waals surface area contributed by atoms with Crippen molar-refractivity contribution in [2.45, 2.75) is 71.2 Å². The van der Waals surface area contributed by atoms with Crippen LogP contribution in [0.4, 0.5) is 0 Å². The Kier molecular flexibility index (Phi) is 6.81. The van der Waals surface area contributed by atoms with Crippen molar-refractivity contribution in [3.05, 3.63) is 34.2 Å². The lowest BCUT2D eigenvalue weighted by Crippen LogP contribution is -2.50. The number of morpholine rings is 1. The fourth-order valence-electron chi connectivity index (χ4n) is 4.88. The largest absolute Gasteiger partial charge is 0.506 e. The number of aromatic hydroxyl groups is 1. The van der Waals surface area contributed by atoms with Crippen LogP contribution in [0.25, 0.3) is 11.0 Å². The summed E-state index contributed by atoms with van der Waals surface area (Å²) in [6, 6.07) is 3.66. The van der Waals surface area contributed by atoms with Gasteiger partial charge < -0.3 is 15.2 Å². The van der Waals surface area contributed by atoms with Gasteiger partial charge in [0, 0.05) is 37.9 Å². The lowest BCUT2D eigenvalue weighted by Gasteiger charge is -2.37. The molecule has 0 spiro atoms. The summed E-state index contributed by atoms with van der Waals surface area (Å²) >= 11 is 0. The third-order valence-electron chi connectivity index (χ3n) is 7.20. The molecule has 1 saturated carbocycles.